The smallest absolute Gasteiger partial charge is 0.266 e. The van der Waals surface area contributed by atoms with Gasteiger partial charge in [-0.3, -0.25) is 4.79 Å². The summed E-state index contributed by atoms with van der Waals surface area (Å²) in [5, 5.41) is 12.0. The number of benzene rings is 2. The number of nitriles is 1. The lowest BCUT2D eigenvalue weighted by atomic mass is 10.0. The molecule has 2 aromatic carbocycles. The van der Waals surface area contributed by atoms with E-state index in [9.17, 15) is 10.1 Å². The summed E-state index contributed by atoms with van der Waals surface area (Å²) in [5.74, 6) is 0.838. The quantitative estimate of drug-likeness (QED) is 0.698. The van der Waals surface area contributed by atoms with Gasteiger partial charge in [-0.1, -0.05) is 18.2 Å². The number of rotatable bonds is 3. The molecule has 0 aliphatic carbocycles. The number of hydrogen-bond donors (Lipinski definition) is 1. The first-order chi connectivity index (χ1) is 11.2. The van der Waals surface area contributed by atoms with Gasteiger partial charge in [-0.05, 0) is 48.4 Å². The summed E-state index contributed by atoms with van der Waals surface area (Å²) in [7, 11) is 0. The van der Waals surface area contributed by atoms with Crippen molar-refractivity contribution in [3.05, 3.63) is 59.2 Å². The molecule has 114 valence electrons. The van der Waals surface area contributed by atoms with Crippen LogP contribution in [0.5, 0.6) is 11.5 Å². The van der Waals surface area contributed by atoms with Crippen LogP contribution < -0.4 is 14.8 Å². The fourth-order valence-electron chi connectivity index (χ4n) is 2.24. The molecule has 1 aliphatic heterocycles. The molecule has 0 saturated heterocycles. The standard InChI is InChI=1S/C18H14N2O3/c1-12-7-16-17(23-11-22-16)9-13(12)8-14(10-19)18(21)20-15-5-3-2-4-6-15/h2-9H,11H2,1H3,(H,20,21)/b14-8+. The van der Waals surface area contributed by atoms with Gasteiger partial charge in [0.05, 0.1) is 0 Å². The number of carbonyl (C=O) groups excluding carboxylic acids is 1. The lowest BCUT2D eigenvalue weighted by Gasteiger charge is -2.06. The molecule has 1 heterocycles. The van der Waals surface area contributed by atoms with Gasteiger partial charge in [0.1, 0.15) is 11.6 Å². The number of aryl methyl sites for hydroxylation is 1. The molecule has 2 aromatic rings. The molecule has 0 aromatic heterocycles. The first-order valence-corrected chi connectivity index (χ1v) is 7.06. The van der Waals surface area contributed by atoms with E-state index in [0.29, 0.717) is 17.2 Å². The van der Waals surface area contributed by atoms with Gasteiger partial charge >= 0.3 is 0 Å². The minimum Gasteiger partial charge on any atom is -0.454 e. The highest BCUT2D eigenvalue weighted by atomic mass is 16.7. The Morgan fingerprint density at radius 2 is 1.91 bits per heavy atom. The largest absolute Gasteiger partial charge is 0.454 e. The maximum atomic E-state index is 12.2. The molecule has 0 atom stereocenters. The lowest BCUT2D eigenvalue weighted by molar-refractivity contribution is -0.112. The van der Waals surface area contributed by atoms with Gasteiger partial charge in [0.25, 0.3) is 5.91 Å². The Bertz CT molecular complexity index is 820. The third-order valence-electron chi connectivity index (χ3n) is 3.46. The minimum atomic E-state index is -0.448. The molecule has 1 aliphatic rings. The highest BCUT2D eigenvalue weighted by molar-refractivity contribution is 6.09. The van der Waals surface area contributed by atoms with Gasteiger partial charge in [-0.2, -0.15) is 5.26 Å². The van der Waals surface area contributed by atoms with Gasteiger partial charge < -0.3 is 14.8 Å². The van der Waals surface area contributed by atoms with Gasteiger partial charge in [0.2, 0.25) is 6.79 Å². The normalized spacial score (nSPS) is 12.6. The van der Waals surface area contributed by atoms with Crippen molar-refractivity contribution in [2.24, 2.45) is 0 Å². The number of nitrogens with one attached hydrogen (secondary N) is 1. The summed E-state index contributed by atoms with van der Waals surface area (Å²) >= 11 is 0. The molecular formula is C18H14N2O3. The van der Waals surface area contributed by atoms with E-state index in [1.807, 2.05) is 37.3 Å². The lowest BCUT2D eigenvalue weighted by Crippen LogP contribution is -2.13. The van der Waals surface area contributed by atoms with Crippen LogP contribution in [0.1, 0.15) is 11.1 Å². The summed E-state index contributed by atoms with van der Waals surface area (Å²) < 4.78 is 10.6. The van der Waals surface area contributed by atoms with Crippen LogP contribution in [-0.2, 0) is 4.79 Å². The number of anilines is 1. The number of amides is 1. The van der Waals surface area contributed by atoms with Crippen LogP contribution in [0, 0.1) is 18.3 Å². The molecule has 0 bridgehead atoms. The van der Waals surface area contributed by atoms with E-state index in [1.165, 1.54) is 0 Å². The summed E-state index contributed by atoms with van der Waals surface area (Å²) in [5.41, 5.74) is 2.31. The summed E-state index contributed by atoms with van der Waals surface area (Å²) in [6, 6.07) is 14.5. The van der Waals surface area contributed by atoms with Crippen LogP contribution in [-0.4, -0.2) is 12.7 Å². The van der Waals surface area contributed by atoms with Crippen LogP contribution in [0.25, 0.3) is 6.08 Å². The molecule has 5 heteroatoms. The van der Waals surface area contributed by atoms with Crippen molar-refractivity contribution in [3.63, 3.8) is 0 Å². The van der Waals surface area contributed by atoms with Crippen molar-refractivity contribution >= 4 is 17.7 Å². The van der Waals surface area contributed by atoms with Crippen molar-refractivity contribution in [3.8, 4) is 17.6 Å². The zero-order valence-corrected chi connectivity index (χ0v) is 12.5. The Morgan fingerprint density at radius 1 is 1.22 bits per heavy atom. The van der Waals surface area contributed by atoms with Gasteiger partial charge in [0, 0.05) is 5.69 Å². The van der Waals surface area contributed by atoms with Gasteiger partial charge in [-0.15, -0.1) is 0 Å². The SMILES string of the molecule is Cc1cc2c(cc1/C=C(\C#N)C(=O)Nc1ccccc1)OCO2. The van der Waals surface area contributed by atoms with E-state index in [0.717, 1.165) is 11.1 Å². The Hall–Kier alpha value is -3.26. The van der Waals surface area contributed by atoms with E-state index in [1.54, 1.807) is 24.3 Å². The molecule has 1 N–H and O–H groups in total. The zero-order chi connectivity index (χ0) is 16.2. The first kappa shape index (κ1) is 14.7. The number of carbonyl (C=O) groups is 1. The summed E-state index contributed by atoms with van der Waals surface area (Å²) in [6.07, 6.45) is 1.55. The van der Waals surface area contributed by atoms with Crippen LogP contribution in [0.4, 0.5) is 5.69 Å². The summed E-state index contributed by atoms with van der Waals surface area (Å²) in [6.45, 7) is 2.07. The van der Waals surface area contributed by atoms with Crippen molar-refractivity contribution in [2.45, 2.75) is 6.92 Å². The second-order valence-corrected chi connectivity index (χ2v) is 5.05. The number of para-hydroxylation sites is 1. The van der Waals surface area contributed by atoms with Crippen molar-refractivity contribution in [1.29, 1.82) is 5.26 Å². The van der Waals surface area contributed by atoms with Crippen molar-refractivity contribution < 1.29 is 14.3 Å². The zero-order valence-electron chi connectivity index (χ0n) is 12.5. The highest BCUT2D eigenvalue weighted by Crippen LogP contribution is 2.35. The number of hydrogen-bond acceptors (Lipinski definition) is 4. The molecule has 0 radical (unpaired) electrons. The first-order valence-electron chi connectivity index (χ1n) is 7.06. The van der Waals surface area contributed by atoms with Crippen LogP contribution in [0.2, 0.25) is 0 Å². The summed E-state index contributed by atoms with van der Waals surface area (Å²) in [4.78, 5) is 12.2. The number of fused-ring (bicyclic) bond motifs is 1. The second kappa shape index (κ2) is 6.24. The van der Waals surface area contributed by atoms with E-state index < -0.39 is 5.91 Å². The average molecular weight is 306 g/mol. The Labute approximate surface area is 133 Å². The van der Waals surface area contributed by atoms with Crippen molar-refractivity contribution in [2.75, 3.05) is 12.1 Å². The molecule has 0 saturated carbocycles. The van der Waals surface area contributed by atoms with Crippen LogP contribution in [0.3, 0.4) is 0 Å². The van der Waals surface area contributed by atoms with E-state index in [2.05, 4.69) is 5.32 Å². The van der Waals surface area contributed by atoms with Gasteiger partial charge in [0.15, 0.2) is 11.5 Å². The monoisotopic (exact) mass is 306 g/mol. The maximum Gasteiger partial charge on any atom is 0.266 e. The third kappa shape index (κ3) is 3.16. The Balaban J connectivity index is 1.87. The minimum absolute atomic E-state index is 0.0239. The molecular weight excluding hydrogens is 292 g/mol. The molecule has 5 nitrogen and oxygen atoms in total. The van der Waals surface area contributed by atoms with E-state index >= 15 is 0 Å². The van der Waals surface area contributed by atoms with Crippen LogP contribution in [0.15, 0.2) is 48.0 Å². The fourth-order valence-corrected chi connectivity index (χ4v) is 2.24. The predicted octanol–water partition coefficient (Wildman–Crippen LogP) is 3.27. The number of nitrogens with zero attached hydrogens (tertiary/aromatic N) is 1. The predicted molar refractivity (Wildman–Crippen MR) is 86.0 cm³/mol. The molecule has 0 unspecified atom stereocenters. The molecule has 0 spiro atoms. The highest BCUT2D eigenvalue weighted by Gasteiger charge is 2.16. The maximum absolute atomic E-state index is 12.2. The topological polar surface area (TPSA) is 71.4 Å². The molecule has 1 amide bonds. The van der Waals surface area contributed by atoms with Crippen LogP contribution >= 0.6 is 0 Å². The van der Waals surface area contributed by atoms with E-state index in [-0.39, 0.29) is 12.4 Å². The molecule has 0 fully saturated rings. The Kier molecular flexibility index (Phi) is 3.98. The fraction of sp³-hybridized carbons (Fsp3) is 0.111. The Morgan fingerprint density at radius 3 is 2.61 bits per heavy atom. The average Bonchev–Trinajstić information content (AvgIpc) is 3.00. The third-order valence-corrected chi connectivity index (χ3v) is 3.46. The molecule has 23 heavy (non-hydrogen) atoms. The molecule has 3 rings (SSSR count). The number of ether oxygens (including phenoxy) is 2. The van der Waals surface area contributed by atoms with Gasteiger partial charge in [-0.25, -0.2) is 0 Å². The van der Waals surface area contributed by atoms with Crippen molar-refractivity contribution in [1.82, 2.24) is 0 Å². The van der Waals surface area contributed by atoms with E-state index in [4.69, 9.17) is 9.47 Å². The second-order valence-electron chi connectivity index (χ2n) is 5.05.